The Labute approximate surface area is 122 Å². The molecule has 114 valence electrons. The third kappa shape index (κ3) is 6.02. The maximum Gasteiger partial charge on any atom is 0.123 e. The molecule has 20 heavy (non-hydrogen) atoms. The van der Waals surface area contributed by atoms with Crippen molar-refractivity contribution in [3.8, 4) is 0 Å². The number of nitrogens with one attached hydrogen (secondary N) is 1. The predicted molar refractivity (Wildman–Crippen MR) is 82.6 cm³/mol. The zero-order valence-electron chi connectivity index (χ0n) is 13.2. The van der Waals surface area contributed by atoms with E-state index < -0.39 is 0 Å². The average molecular weight is 281 g/mol. The Balaban J connectivity index is 2.69. The van der Waals surface area contributed by atoms with Crippen molar-refractivity contribution in [1.82, 2.24) is 5.32 Å². The third-order valence-electron chi connectivity index (χ3n) is 3.79. The summed E-state index contributed by atoms with van der Waals surface area (Å²) in [5.41, 5.74) is 0.941. The van der Waals surface area contributed by atoms with Gasteiger partial charge in [-0.2, -0.15) is 0 Å². The van der Waals surface area contributed by atoms with E-state index in [4.69, 9.17) is 4.74 Å². The van der Waals surface area contributed by atoms with Crippen molar-refractivity contribution in [2.75, 3.05) is 20.2 Å². The molecule has 0 aliphatic rings. The number of rotatable bonds is 9. The molecule has 3 heteroatoms. The molecule has 0 aliphatic heterocycles. The molecule has 1 N–H and O–H groups in total. The van der Waals surface area contributed by atoms with Crippen molar-refractivity contribution >= 4 is 0 Å². The van der Waals surface area contributed by atoms with Crippen molar-refractivity contribution in [2.45, 2.75) is 51.6 Å². The fourth-order valence-corrected chi connectivity index (χ4v) is 2.22. The monoisotopic (exact) mass is 281 g/mol. The van der Waals surface area contributed by atoms with Crippen LogP contribution in [0.15, 0.2) is 24.3 Å². The lowest BCUT2D eigenvalue weighted by Crippen LogP contribution is -2.27. The van der Waals surface area contributed by atoms with Crippen LogP contribution in [-0.4, -0.2) is 25.8 Å². The maximum atomic E-state index is 13.4. The summed E-state index contributed by atoms with van der Waals surface area (Å²) < 4.78 is 18.9. The molecule has 0 saturated heterocycles. The Hall–Kier alpha value is -0.930. The van der Waals surface area contributed by atoms with Crippen LogP contribution < -0.4 is 5.32 Å². The molecule has 0 bridgehead atoms. The van der Waals surface area contributed by atoms with Crippen LogP contribution in [0.25, 0.3) is 0 Å². The van der Waals surface area contributed by atoms with Crippen LogP contribution >= 0.6 is 0 Å². The van der Waals surface area contributed by atoms with E-state index in [-0.39, 0.29) is 11.4 Å². The quantitative estimate of drug-likeness (QED) is 0.688. The summed E-state index contributed by atoms with van der Waals surface area (Å²) in [4.78, 5) is 0. The summed E-state index contributed by atoms with van der Waals surface area (Å²) in [7, 11) is 1.74. The van der Waals surface area contributed by atoms with Crippen molar-refractivity contribution in [2.24, 2.45) is 0 Å². The van der Waals surface area contributed by atoms with E-state index in [1.54, 1.807) is 19.2 Å². The topological polar surface area (TPSA) is 21.3 Å². The second-order valence-corrected chi connectivity index (χ2v) is 5.96. The molecule has 2 nitrogen and oxygen atoms in total. The van der Waals surface area contributed by atoms with Gasteiger partial charge in [0.25, 0.3) is 0 Å². The molecule has 1 aromatic rings. The lowest BCUT2D eigenvalue weighted by atomic mass is 9.89. The Morgan fingerprint density at radius 3 is 2.70 bits per heavy atom. The van der Waals surface area contributed by atoms with Gasteiger partial charge in [0, 0.05) is 13.7 Å². The Morgan fingerprint density at radius 2 is 2.10 bits per heavy atom. The summed E-state index contributed by atoms with van der Waals surface area (Å²) in [6.45, 7) is 8.22. The zero-order chi connectivity index (χ0) is 15.0. The van der Waals surface area contributed by atoms with E-state index in [2.05, 4.69) is 26.1 Å². The first kappa shape index (κ1) is 17.1. The van der Waals surface area contributed by atoms with Gasteiger partial charge in [-0.3, -0.25) is 0 Å². The fraction of sp³-hybridized carbons (Fsp3) is 0.647. The second-order valence-electron chi connectivity index (χ2n) is 5.96. The molecular formula is C17H28FNO. The lowest BCUT2D eigenvalue weighted by Gasteiger charge is -2.26. The van der Waals surface area contributed by atoms with E-state index in [0.717, 1.165) is 37.9 Å². The third-order valence-corrected chi connectivity index (χ3v) is 3.79. The van der Waals surface area contributed by atoms with Gasteiger partial charge in [-0.05, 0) is 63.3 Å². The van der Waals surface area contributed by atoms with Gasteiger partial charge in [-0.25, -0.2) is 4.39 Å². The smallest absolute Gasteiger partial charge is 0.123 e. The first-order valence-electron chi connectivity index (χ1n) is 7.50. The van der Waals surface area contributed by atoms with Crippen LogP contribution in [-0.2, 0) is 4.74 Å². The molecule has 0 spiro atoms. The molecule has 0 aliphatic carbocycles. The minimum atomic E-state index is -0.158. The Morgan fingerprint density at radius 1 is 1.35 bits per heavy atom. The lowest BCUT2D eigenvalue weighted by molar-refractivity contribution is 0.0124. The van der Waals surface area contributed by atoms with Crippen LogP contribution in [0.2, 0.25) is 0 Å². The summed E-state index contributed by atoms with van der Waals surface area (Å²) in [5, 5.41) is 3.44. The molecule has 1 aromatic carbocycles. The van der Waals surface area contributed by atoms with Gasteiger partial charge in [0.1, 0.15) is 5.82 Å². The second kappa shape index (κ2) is 8.38. The highest BCUT2D eigenvalue weighted by Crippen LogP contribution is 2.26. The van der Waals surface area contributed by atoms with E-state index in [1.807, 2.05) is 6.07 Å². The fourth-order valence-electron chi connectivity index (χ4n) is 2.22. The van der Waals surface area contributed by atoms with E-state index in [9.17, 15) is 4.39 Å². The Kier molecular flexibility index (Phi) is 7.17. The molecule has 0 heterocycles. The van der Waals surface area contributed by atoms with Crippen LogP contribution in [0.5, 0.6) is 0 Å². The largest absolute Gasteiger partial charge is 0.379 e. The normalized spacial score (nSPS) is 13.4. The molecule has 1 atom stereocenters. The molecule has 0 amide bonds. The molecule has 0 aromatic heterocycles. The highest BCUT2D eigenvalue weighted by atomic mass is 19.1. The molecule has 0 saturated carbocycles. The number of ether oxygens (including phenoxy) is 1. The molecule has 0 fully saturated rings. The van der Waals surface area contributed by atoms with Crippen LogP contribution in [0.1, 0.15) is 51.5 Å². The summed E-state index contributed by atoms with van der Waals surface area (Å²) in [5.74, 6) is 0.167. The van der Waals surface area contributed by atoms with Gasteiger partial charge in [-0.15, -0.1) is 0 Å². The minimum Gasteiger partial charge on any atom is -0.379 e. The number of halogens is 1. The predicted octanol–water partition coefficient (Wildman–Crippen LogP) is 4.11. The van der Waals surface area contributed by atoms with Crippen molar-refractivity contribution in [3.05, 3.63) is 35.6 Å². The van der Waals surface area contributed by atoms with Gasteiger partial charge in [0.05, 0.1) is 5.60 Å². The first-order valence-corrected chi connectivity index (χ1v) is 7.50. The summed E-state index contributed by atoms with van der Waals surface area (Å²) in [6, 6.07) is 6.96. The van der Waals surface area contributed by atoms with E-state index >= 15 is 0 Å². The van der Waals surface area contributed by atoms with Gasteiger partial charge in [-0.1, -0.05) is 19.1 Å². The number of hydrogen-bond donors (Lipinski definition) is 1. The minimum absolute atomic E-state index is 0.129. The van der Waals surface area contributed by atoms with Crippen molar-refractivity contribution in [1.29, 1.82) is 0 Å². The summed E-state index contributed by atoms with van der Waals surface area (Å²) in [6.07, 6.45) is 3.05. The van der Waals surface area contributed by atoms with Crippen molar-refractivity contribution < 1.29 is 9.13 Å². The van der Waals surface area contributed by atoms with Gasteiger partial charge in [0.15, 0.2) is 0 Å². The first-order chi connectivity index (χ1) is 9.48. The van der Waals surface area contributed by atoms with Gasteiger partial charge >= 0.3 is 0 Å². The molecule has 1 unspecified atom stereocenters. The molecular weight excluding hydrogens is 253 g/mol. The van der Waals surface area contributed by atoms with Crippen LogP contribution in [0.4, 0.5) is 4.39 Å². The number of methoxy groups -OCH3 is 1. The van der Waals surface area contributed by atoms with E-state index in [1.165, 1.54) is 6.07 Å². The van der Waals surface area contributed by atoms with Crippen LogP contribution in [0.3, 0.4) is 0 Å². The maximum absolute atomic E-state index is 13.4. The highest BCUT2D eigenvalue weighted by molar-refractivity contribution is 5.21. The SMILES string of the molecule is CCCNCC(CCC(C)(C)OC)c1cccc(F)c1. The van der Waals surface area contributed by atoms with Crippen LogP contribution in [0, 0.1) is 5.82 Å². The standard InChI is InChI=1S/C17H28FNO/c1-5-11-19-13-15(9-10-17(2,3)20-4)14-7-6-8-16(18)12-14/h6-8,12,15,19H,5,9-11,13H2,1-4H3. The number of benzene rings is 1. The summed E-state index contributed by atoms with van der Waals surface area (Å²) >= 11 is 0. The van der Waals surface area contributed by atoms with Gasteiger partial charge < -0.3 is 10.1 Å². The Bertz CT molecular complexity index is 392. The van der Waals surface area contributed by atoms with Gasteiger partial charge in [0.2, 0.25) is 0 Å². The van der Waals surface area contributed by atoms with Crippen molar-refractivity contribution in [3.63, 3.8) is 0 Å². The highest BCUT2D eigenvalue weighted by Gasteiger charge is 2.20. The average Bonchev–Trinajstić information content (AvgIpc) is 2.42. The number of hydrogen-bond acceptors (Lipinski definition) is 2. The zero-order valence-corrected chi connectivity index (χ0v) is 13.2. The van der Waals surface area contributed by atoms with E-state index in [0.29, 0.717) is 5.92 Å². The molecule has 1 rings (SSSR count). The molecule has 0 radical (unpaired) electrons.